The van der Waals surface area contributed by atoms with E-state index in [-0.39, 0.29) is 6.42 Å². The van der Waals surface area contributed by atoms with Crippen molar-refractivity contribution < 1.29 is 9.90 Å². The lowest BCUT2D eigenvalue weighted by Crippen LogP contribution is -1.96. The van der Waals surface area contributed by atoms with Gasteiger partial charge in [-0.05, 0) is 24.3 Å². The van der Waals surface area contributed by atoms with E-state index in [0.29, 0.717) is 0 Å². The quantitative estimate of drug-likeness (QED) is 0.782. The summed E-state index contributed by atoms with van der Waals surface area (Å²) in [4.78, 5) is 21.5. The molecule has 3 aromatic heterocycles. The topological polar surface area (TPSA) is 63.1 Å². The molecule has 0 aliphatic heterocycles. The molecule has 0 aromatic carbocycles. The van der Waals surface area contributed by atoms with Crippen LogP contribution in [0.2, 0.25) is 0 Å². The highest BCUT2D eigenvalue weighted by molar-refractivity contribution is 7.16. The third-order valence-electron chi connectivity index (χ3n) is 2.85. The van der Waals surface area contributed by atoms with Crippen LogP contribution in [0.3, 0.4) is 0 Å². The number of carboxylic acids is 1. The van der Waals surface area contributed by atoms with Crippen LogP contribution in [0, 0.1) is 0 Å². The van der Waals surface area contributed by atoms with Crippen LogP contribution in [-0.2, 0) is 17.6 Å². The summed E-state index contributed by atoms with van der Waals surface area (Å²) in [6.45, 7) is 0. The molecule has 106 valence electrons. The normalized spacial score (nSPS) is 10.7. The van der Waals surface area contributed by atoms with Gasteiger partial charge in [-0.25, -0.2) is 4.98 Å². The monoisotopic (exact) mass is 316 g/mol. The van der Waals surface area contributed by atoms with Gasteiger partial charge < -0.3 is 5.11 Å². The first-order chi connectivity index (χ1) is 10.2. The molecule has 0 aliphatic carbocycles. The summed E-state index contributed by atoms with van der Waals surface area (Å²) in [5, 5.41) is 11.8. The molecule has 0 spiro atoms. The standard InChI is InChI=1S/C15H12N2O2S2/c18-15(19)8-11-4-5-13(21-11)12-9-20-14(17-12)7-10-3-1-2-6-16-10/h1-6,9H,7-8H2,(H,18,19). The summed E-state index contributed by atoms with van der Waals surface area (Å²) in [6.07, 6.45) is 2.57. The number of thiazole rings is 1. The van der Waals surface area contributed by atoms with E-state index in [9.17, 15) is 4.79 Å². The highest BCUT2D eigenvalue weighted by atomic mass is 32.1. The largest absolute Gasteiger partial charge is 0.481 e. The third-order valence-corrected chi connectivity index (χ3v) is 4.81. The molecule has 3 rings (SSSR count). The summed E-state index contributed by atoms with van der Waals surface area (Å²) < 4.78 is 0. The fourth-order valence-corrected chi connectivity index (χ4v) is 3.77. The van der Waals surface area contributed by atoms with E-state index >= 15 is 0 Å². The van der Waals surface area contributed by atoms with Gasteiger partial charge in [0.15, 0.2) is 0 Å². The summed E-state index contributed by atoms with van der Waals surface area (Å²) >= 11 is 3.08. The first kappa shape index (κ1) is 13.9. The molecule has 0 atom stereocenters. The van der Waals surface area contributed by atoms with Gasteiger partial charge in [0.25, 0.3) is 0 Å². The van der Waals surface area contributed by atoms with E-state index in [1.807, 2.05) is 35.7 Å². The Morgan fingerprint density at radius 1 is 1.24 bits per heavy atom. The van der Waals surface area contributed by atoms with Gasteiger partial charge in [-0.15, -0.1) is 22.7 Å². The van der Waals surface area contributed by atoms with E-state index in [4.69, 9.17) is 5.11 Å². The Hall–Kier alpha value is -2.05. The Labute approximate surface area is 129 Å². The average Bonchev–Trinajstić information content (AvgIpc) is 3.08. The lowest BCUT2D eigenvalue weighted by atomic mass is 10.3. The molecule has 0 aliphatic rings. The van der Waals surface area contributed by atoms with Crippen LogP contribution in [0.25, 0.3) is 10.6 Å². The molecule has 21 heavy (non-hydrogen) atoms. The van der Waals surface area contributed by atoms with Gasteiger partial charge in [-0.1, -0.05) is 6.07 Å². The number of hydrogen-bond acceptors (Lipinski definition) is 5. The van der Waals surface area contributed by atoms with Crippen molar-refractivity contribution in [3.8, 4) is 10.6 Å². The number of rotatable bonds is 5. The highest BCUT2D eigenvalue weighted by Gasteiger charge is 2.10. The van der Waals surface area contributed by atoms with Gasteiger partial charge in [0.1, 0.15) is 0 Å². The molecule has 0 fully saturated rings. The zero-order chi connectivity index (χ0) is 14.7. The summed E-state index contributed by atoms with van der Waals surface area (Å²) in [7, 11) is 0. The molecule has 1 N–H and O–H groups in total. The molecular weight excluding hydrogens is 304 g/mol. The van der Waals surface area contributed by atoms with Crippen LogP contribution in [0.1, 0.15) is 15.6 Å². The fraction of sp³-hybridized carbons (Fsp3) is 0.133. The summed E-state index contributed by atoms with van der Waals surface area (Å²) in [6, 6.07) is 9.63. The van der Waals surface area contributed by atoms with Crippen LogP contribution in [0.5, 0.6) is 0 Å². The van der Waals surface area contributed by atoms with Crippen LogP contribution in [-0.4, -0.2) is 21.0 Å². The zero-order valence-electron chi connectivity index (χ0n) is 11.0. The molecule has 0 unspecified atom stereocenters. The van der Waals surface area contributed by atoms with E-state index < -0.39 is 5.97 Å². The number of aliphatic carboxylic acids is 1. The van der Waals surface area contributed by atoms with Crippen LogP contribution < -0.4 is 0 Å². The minimum absolute atomic E-state index is 0.0651. The molecule has 0 saturated heterocycles. The van der Waals surface area contributed by atoms with E-state index in [1.54, 1.807) is 17.5 Å². The van der Waals surface area contributed by atoms with Crippen molar-refractivity contribution in [2.75, 3.05) is 0 Å². The minimum Gasteiger partial charge on any atom is -0.481 e. The van der Waals surface area contributed by atoms with Crippen molar-refractivity contribution in [3.63, 3.8) is 0 Å². The van der Waals surface area contributed by atoms with E-state index in [0.717, 1.165) is 32.6 Å². The first-order valence-corrected chi connectivity index (χ1v) is 8.05. The summed E-state index contributed by atoms with van der Waals surface area (Å²) in [5.41, 5.74) is 1.91. The Bertz CT molecular complexity index is 750. The first-order valence-electron chi connectivity index (χ1n) is 6.36. The van der Waals surface area contributed by atoms with E-state index in [1.165, 1.54) is 11.3 Å². The number of aromatic nitrogens is 2. The maximum Gasteiger partial charge on any atom is 0.308 e. The van der Waals surface area contributed by atoms with Gasteiger partial charge in [-0.2, -0.15) is 0 Å². The number of nitrogens with zero attached hydrogens (tertiary/aromatic N) is 2. The zero-order valence-corrected chi connectivity index (χ0v) is 12.7. The second kappa shape index (κ2) is 6.15. The molecule has 3 heterocycles. The molecule has 4 nitrogen and oxygen atoms in total. The Kier molecular flexibility index (Phi) is 4.08. The Balaban J connectivity index is 1.75. The van der Waals surface area contributed by atoms with Gasteiger partial charge in [-0.3, -0.25) is 9.78 Å². The van der Waals surface area contributed by atoms with Crippen molar-refractivity contribution in [1.29, 1.82) is 0 Å². The molecule has 0 saturated carbocycles. The lowest BCUT2D eigenvalue weighted by Gasteiger charge is -1.95. The molecule has 0 bridgehead atoms. The van der Waals surface area contributed by atoms with Gasteiger partial charge >= 0.3 is 5.97 Å². The van der Waals surface area contributed by atoms with Crippen molar-refractivity contribution in [3.05, 3.63) is 57.5 Å². The number of pyridine rings is 1. The second-order valence-corrected chi connectivity index (χ2v) is 6.57. The van der Waals surface area contributed by atoms with Crippen LogP contribution >= 0.6 is 22.7 Å². The van der Waals surface area contributed by atoms with Crippen molar-refractivity contribution in [2.45, 2.75) is 12.8 Å². The van der Waals surface area contributed by atoms with Gasteiger partial charge in [0.05, 0.1) is 22.0 Å². The highest BCUT2D eigenvalue weighted by Crippen LogP contribution is 2.29. The van der Waals surface area contributed by atoms with Crippen LogP contribution in [0.15, 0.2) is 41.9 Å². The molecule has 3 aromatic rings. The lowest BCUT2D eigenvalue weighted by molar-refractivity contribution is -0.136. The van der Waals surface area contributed by atoms with Crippen molar-refractivity contribution in [2.24, 2.45) is 0 Å². The number of hydrogen-bond donors (Lipinski definition) is 1. The Morgan fingerprint density at radius 2 is 2.14 bits per heavy atom. The maximum atomic E-state index is 10.7. The third kappa shape index (κ3) is 3.53. The van der Waals surface area contributed by atoms with E-state index in [2.05, 4.69) is 9.97 Å². The maximum absolute atomic E-state index is 10.7. The minimum atomic E-state index is -0.808. The SMILES string of the molecule is O=C(O)Cc1ccc(-c2csc(Cc3ccccn3)n2)s1. The van der Waals surface area contributed by atoms with Gasteiger partial charge in [0.2, 0.25) is 0 Å². The molecular formula is C15H12N2O2S2. The fourth-order valence-electron chi connectivity index (χ4n) is 1.92. The van der Waals surface area contributed by atoms with Crippen molar-refractivity contribution >= 4 is 28.6 Å². The average molecular weight is 316 g/mol. The van der Waals surface area contributed by atoms with Crippen molar-refractivity contribution in [1.82, 2.24) is 9.97 Å². The predicted molar refractivity (Wildman–Crippen MR) is 83.8 cm³/mol. The molecule has 0 radical (unpaired) electrons. The number of thiophene rings is 1. The van der Waals surface area contributed by atoms with Crippen LogP contribution in [0.4, 0.5) is 0 Å². The van der Waals surface area contributed by atoms with Gasteiger partial charge in [0, 0.05) is 28.6 Å². The number of carbonyl (C=O) groups is 1. The Morgan fingerprint density at radius 3 is 2.90 bits per heavy atom. The summed E-state index contributed by atoms with van der Waals surface area (Å²) in [5.74, 6) is -0.808. The smallest absolute Gasteiger partial charge is 0.308 e. The predicted octanol–water partition coefficient (Wildman–Crippen LogP) is 3.48. The second-order valence-electron chi connectivity index (χ2n) is 4.46. The molecule has 6 heteroatoms. The number of carboxylic acid groups (broad SMARTS) is 1. The molecule has 0 amide bonds.